The molecule has 0 unspecified atom stereocenters. The van der Waals surface area contributed by atoms with Crippen LogP contribution >= 0.6 is 0 Å². The molecule has 1 heterocycles. The second-order valence-corrected chi connectivity index (χ2v) is 5.24. The van der Waals surface area contributed by atoms with Crippen LogP contribution in [0.25, 0.3) is 0 Å². The Bertz CT molecular complexity index is 625. The molecule has 18 heavy (non-hydrogen) atoms. The van der Waals surface area contributed by atoms with Crippen LogP contribution in [0.15, 0.2) is 35.4 Å². The lowest BCUT2D eigenvalue weighted by Crippen LogP contribution is -2.52. The van der Waals surface area contributed by atoms with Crippen LogP contribution in [-0.2, 0) is 14.9 Å². The molecule has 0 radical (unpaired) electrons. The molecule has 0 aliphatic carbocycles. The number of carbonyl (C=O) groups is 1. The van der Waals surface area contributed by atoms with E-state index in [9.17, 15) is 22.9 Å². The number of aliphatic hydroxyl groups is 1. The van der Waals surface area contributed by atoms with Gasteiger partial charge in [-0.1, -0.05) is 18.2 Å². The Morgan fingerprint density at radius 1 is 1.33 bits per heavy atom. The highest BCUT2D eigenvalue weighted by molar-refractivity contribution is 7.88. The molecule has 96 valence electrons. The van der Waals surface area contributed by atoms with Gasteiger partial charge in [0, 0.05) is 0 Å². The van der Waals surface area contributed by atoms with Gasteiger partial charge in [-0.25, -0.2) is 8.42 Å². The van der Waals surface area contributed by atoms with Crippen LogP contribution in [0.4, 0.5) is 5.69 Å². The summed E-state index contributed by atoms with van der Waals surface area (Å²) in [5, 5.41) is 14.1. The molecule has 1 aliphatic rings. The molecule has 1 aliphatic heterocycles. The van der Waals surface area contributed by atoms with Crippen LogP contribution in [0.5, 0.6) is 0 Å². The fraction of sp³-hybridized carbons (Fsp3) is 0.200. The number of anilines is 1. The summed E-state index contributed by atoms with van der Waals surface area (Å²) in [4.78, 5) is 8.74. The van der Waals surface area contributed by atoms with Crippen molar-refractivity contribution < 1.29 is 22.9 Å². The Morgan fingerprint density at radius 3 is 2.33 bits per heavy atom. The van der Waals surface area contributed by atoms with Gasteiger partial charge in [-0.05, 0) is 19.1 Å². The molecule has 7 nitrogen and oxygen atoms in total. The van der Waals surface area contributed by atoms with Gasteiger partial charge in [-0.3, -0.25) is 4.79 Å². The number of amides is 1. The number of rotatable bonds is 2. The lowest BCUT2D eigenvalue weighted by molar-refractivity contribution is -0.125. The van der Waals surface area contributed by atoms with E-state index < -0.39 is 26.7 Å². The van der Waals surface area contributed by atoms with Crippen molar-refractivity contribution >= 4 is 27.4 Å². The van der Waals surface area contributed by atoms with E-state index in [2.05, 4.69) is 5.10 Å². The first-order valence-corrected chi connectivity index (χ1v) is 6.32. The van der Waals surface area contributed by atoms with Crippen molar-refractivity contribution in [3.63, 3.8) is 0 Å². The Hall–Kier alpha value is -1.77. The van der Waals surface area contributed by atoms with Gasteiger partial charge in [0.2, 0.25) is 0 Å². The number of benzene rings is 1. The number of para-hydroxylation sites is 1. The zero-order valence-corrected chi connectivity index (χ0v) is 10.1. The first kappa shape index (κ1) is 12.7. The van der Waals surface area contributed by atoms with E-state index in [1.807, 2.05) is 0 Å². The number of hydrogen-bond donors (Lipinski definition) is 1. The maximum Gasteiger partial charge on any atom is 0.300 e. The molecule has 8 heteroatoms. The molecule has 0 fully saturated rings. The van der Waals surface area contributed by atoms with Crippen LogP contribution in [0.1, 0.15) is 6.92 Å². The SMILES string of the molecule is CC1=NN(c2ccccc2)C(=O)[C@@]1(O)S(=O)(=O)[O-]. The molecule has 1 atom stereocenters. The largest absolute Gasteiger partial charge is 0.745 e. The quantitative estimate of drug-likeness (QED) is 0.737. The zero-order chi connectivity index (χ0) is 13.6. The van der Waals surface area contributed by atoms with Gasteiger partial charge in [0.05, 0.1) is 11.4 Å². The zero-order valence-electron chi connectivity index (χ0n) is 9.27. The Labute approximate surface area is 103 Å². The number of carbonyl (C=O) groups excluding carboxylic acids is 1. The van der Waals surface area contributed by atoms with Gasteiger partial charge in [-0.15, -0.1) is 0 Å². The van der Waals surface area contributed by atoms with Crippen molar-refractivity contribution in [2.24, 2.45) is 5.10 Å². The third-order valence-electron chi connectivity index (χ3n) is 2.59. The molecule has 0 saturated heterocycles. The monoisotopic (exact) mass is 269 g/mol. The van der Waals surface area contributed by atoms with E-state index in [0.717, 1.165) is 6.92 Å². The maximum atomic E-state index is 11.9. The van der Waals surface area contributed by atoms with Crippen LogP contribution in [0, 0.1) is 0 Å². The highest BCUT2D eigenvalue weighted by Gasteiger charge is 2.54. The lowest BCUT2D eigenvalue weighted by atomic mass is 10.2. The summed E-state index contributed by atoms with van der Waals surface area (Å²) in [6, 6.07) is 7.90. The third kappa shape index (κ3) is 1.62. The number of hydrazone groups is 1. The third-order valence-corrected chi connectivity index (χ3v) is 3.78. The maximum absolute atomic E-state index is 11.9. The molecule has 0 aromatic heterocycles. The minimum absolute atomic E-state index is 0.265. The molecule has 1 amide bonds. The first-order valence-electron chi connectivity index (χ1n) is 4.91. The van der Waals surface area contributed by atoms with E-state index >= 15 is 0 Å². The van der Waals surface area contributed by atoms with Gasteiger partial charge >= 0.3 is 0 Å². The second-order valence-electron chi connectivity index (χ2n) is 3.74. The molecule has 1 aromatic rings. The highest BCUT2D eigenvalue weighted by atomic mass is 32.2. The molecule has 1 aromatic carbocycles. The summed E-state index contributed by atoms with van der Waals surface area (Å²) in [5.74, 6) is -1.29. The first-order chi connectivity index (χ1) is 8.28. The van der Waals surface area contributed by atoms with Crippen molar-refractivity contribution in [3.8, 4) is 0 Å². The fourth-order valence-electron chi connectivity index (χ4n) is 1.59. The summed E-state index contributed by atoms with van der Waals surface area (Å²) >= 11 is 0. The molecule has 0 bridgehead atoms. The van der Waals surface area contributed by atoms with E-state index in [1.165, 1.54) is 12.1 Å². The van der Waals surface area contributed by atoms with Gasteiger partial charge in [0.25, 0.3) is 10.8 Å². The number of hydrogen-bond acceptors (Lipinski definition) is 6. The minimum Gasteiger partial charge on any atom is -0.745 e. The summed E-state index contributed by atoms with van der Waals surface area (Å²) in [5.41, 5.74) is -0.201. The second kappa shape index (κ2) is 3.87. The van der Waals surface area contributed by atoms with Gasteiger partial charge < -0.3 is 9.66 Å². The summed E-state index contributed by atoms with van der Waals surface area (Å²) in [6.45, 7) is 1.11. The fourth-order valence-corrected chi connectivity index (χ4v) is 2.30. The lowest BCUT2D eigenvalue weighted by Gasteiger charge is -2.24. The van der Waals surface area contributed by atoms with E-state index in [0.29, 0.717) is 5.01 Å². The average Bonchev–Trinajstić information content (AvgIpc) is 2.55. The average molecular weight is 269 g/mol. The summed E-state index contributed by atoms with van der Waals surface area (Å²) < 4.78 is 33.1. The summed E-state index contributed by atoms with van der Waals surface area (Å²) in [7, 11) is -5.26. The van der Waals surface area contributed by atoms with Crippen molar-refractivity contribution in [1.29, 1.82) is 0 Å². The number of nitrogens with zero attached hydrogens (tertiary/aromatic N) is 2. The van der Waals surface area contributed by atoms with Gasteiger partial charge in [0.15, 0.2) is 0 Å². The Morgan fingerprint density at radius 2 is 1.89 bits per heavy atom. The molecular weight excluding hydrogens is 260 g/mol. The molecule has 0 spiro atoms. The standard InChI is InChI=1S/C10H10N2O5S/c1-7-10(14,18(15,16)17)9(13)12(11-7)8-5-3-2-4-6-8/h2-6,14H,1H3,(H,15,16,17)/p-1/t10-/m0/s1. The predicted octanol–water partition coefficient (Wildman–Crippen LogP) is -0.357. The summed E-state index contributed by atoms with van der Waals surface area (Å²) in [6.07, 6.45) is 0. The smallest absolute Gasteiger partial charge is 0.300 e. The Balaban J connectivity index is 2.52. The van der Waals surface area contributed by atoms with E-state index in [-0.39, 0.29) is 5.69 Å². The highest BCUT2D eigenvalue weighted by Crippen LogP contribution is 2.29. The van der Waals surface area contributed by atoms with Crippen LogP contribution < -0.4 is 5.01 Å². The van der Waals surface area contributed by atoms with E-state index in [1.54, 1.807) is 18.2 Å². The molecular formula is C10H9N2O5S-. The van der Waals surface area contributed by atoms with Gasteiger partial charge in [-0.2, -0.15) is 10.1 Å². The predicted molar refractivity (Wildman–Crippen MR) is 61.7 cm³/mol. The minimum atomic E-state index is -5.26. The van der Waals surface area contributed by atoms with Gasteiger partial charge in [0.1, 0.15) is 10.1 Å². The van der Waals surface area contributed by atoms with Crippen molar-refractivity contribution in [2.75, 3.05) is 5.01 Å². The van der Waals surface area contributed by atoms with Crippen molar-refractivity contribution in [3.05, 3.63) is 30.3 Å². The van der Waals surface area contributed by atoms with Crippen LogP contribution in [0.3, 0.4) is 0 Å². The van der Waals surface area contributed by atoms with Crippen molar-refractivity contribution in [2.45, 2.75) is 11.9 Å². The molecule has 1 N–H and O–H groups in total. The topological polar surface area (TPSA) is 110 Å². The van der Waals surface area contributed by atoms with E-state index in [4.69, 9.17) is 0 Å². The Kier molecular flexibility index (Phi) is 2.73. The molecule has 0 saturated carbocycles. The van der Waals surface area contributed by atoms with Crippen LogP contribution in [0.2, 0.25) is 0 Å². The molecule has 2 rings (SSSR count). The van der Waals surface area contributed by atoms with Crippen molar-refractivity contribution in [1.82, 2.24) is 0 Å². The van der Waals surface area contributed by atoms with Crippen LogP contribution in [-0.4, -0.2) is 34.6 Å². The normalized spacial score (nSPS) is 24.3.